The molecule has 0 radical (unpaired) electrons. The second-order valence-electron chi connectivity index (χ2n) is 9.67. The third-order valence-corrected chi connectivity index (χ3v) is 7.71. The molecule has 0 spiro atoms. The maximum Gasteiger partial charge on any atom is 0.240 e. The van der Waals surface area contributed by atoms with Gasteiger partial charge in [-0.05, 0) is 61.0 Å². The number of amides is 3. The molecule has 0 aromatic heterocycles. The zero-order chi connectivity index (χ0) is 27.1. The van der Waals surface area contributed by atoms with Crippen molar-refractivity contribution < 1.29 is 23.0 Å². The summed E-state index contributed by atoms with van der Waals surface area (Å²) in [5, 5.41) is 7.34. The molecule has 0 aliphatic heterocycles. The van der Waals surface area contributed by atoms with Gasteiger partial charge in [0.05, 0.1) is 5.69 Å². The number of benzene rings is 3. The highest BCUT2D eigenvalue weighted by Gasteiger charge is 2.25. The Labute approximate surface area is 224 Å². The number of hydrogen-bond acceptors (Lipinski definition) is 4. The zero-order valence-electron chi connectivity index (χ0n) is 21.4. The van der Waals surface area contributed by atoms with E-state index in [2.05, 4.69) is 10.6 Å². The fourth-order valence-electron chi connectivity index (χ4n) is 4.77. The van der Waals surface area contributed by atoms with E-state index in [9.17, 15) is 23.0 Å². The summed E-state index contributed by atoms with van der Waals surface area (Å²) in [7, 11) is -1.82. The summed E-state index contributed by atoms with van der Waals surface area (Å²) in [4.78, 5) is 40.3. The average Bonchev–Trinajstić information content (AvgIpc) is 2.88. The van der Waals surface area contributed by atoms with E-state index in [0.717, 1.165) is 48.4 Å². The van der Waals surface area contributed by atoms with Gasteiger partial charge in [0.2, 0.25) is 17.7 Å². The summed E-state index contributed by atoms with van der Waals surface area (Å²) in [6, 6.07) is 16.7. The smallest absolute Gasteiger partial charge is 0.240 e. The number of rotatable bonds is 9. The van der Waals surface area contributed by atoms with E-state index in [1.807, 2.05) is 43.3 Å². The molecule has 7 nitrogen and oxygen atoms in total. The van der Waals surface area contributed by atoms with Gasteiger partial charge in [-0.3, -0.25) is 18.6 Å². The van der Waals surface area contributed by atoms with Gasteiger partial charge in [-0.25, -0.2) is 4.39 Å². The molecule has 1 aliphatic carbocycles. The Kier molecular flexibility index (Phi) is 9.23. The van der Waals surface area contributed by atoms with Crippen molar-refractivity contribution in [3.05, 3.63) is 72.0 Å². The van der Waals surface area contributed by atoms with Crippen molar-refractivity contribution in [3.63, 3.8) is 0 Å². The zero-order valence-corrected chi connectivity index (χ0v) is 22.2. The quantitative estimate of drug-likeness (QED) is 0.421. The molecule has 0 bridgehead atoms. The van der Waals surface area contributed by atoms with E-state index in [-0.39, 0.29) is 18.5 Å². The molecule has 200 valence electrons. The van der Waals surface area contributed by atoms with Crippen molar-refractivity contribution >= 4 is 50.7 Å². The number of aryl methyl sites for hydroxylation is 1. The number of nitrogens with zero attached hydrogens (tertiary/aromatic N) is 1. The number of fused-ring (bicyclic) bond motifs is 1. The van der Waals surface area contributed by atoms with Crippen molar-refractivity contribution in [2.45, 2.75) is 45.1 Å². The highest BCUT2D eigenvalue weighted by Crippen LogP contribution is 2.29. The van der Waals surface area contributed by atoms with E-state index in [4.69, 9.17) is 0 Å². The van der Waals surface area contributed by atoms with Crippen LogP contribution >= 0.6 is 0 Å². The van der Waals surface area contributed by atoms with Crippen LogP contribution in [0, 0.1) is 12.7 Å². The van der Waals surface area contributed by atoms with Gasteiger partial charge >= 0.3 is 0 Å². The largest absolute Gasteiger partial charge is 0.352 e. The van der Waals surface area contributed by atoms with Gasteiger partial charge < -0.3 is 15.5 Å². The van der Waals surface area contributed by atoms with Crippen molar-refractivity contribution in [3.8, 4) is 0 Å². The van der Waals surface area contributed by atoms with Crippen LogP contribution in [0.5, 0.6) is 0 Å². The Morgan fingerprint density at radius 1 is 0.947 bits per heavy atom. The molecule has 1 unspecified atom stereocenters. The summed E-state index contributed by atoms with van der Waals surface area (Å²) >= 11 is 0. The lowest BCUT2D eigenvalue weighted by Crippen LogP contribution is -2.46. The third-order valence-electron chi connectivity index (χ3n) is 6.55. The first kappa shape index (κ1) is 27.4. The summed E-state index contributed by atoms with van der Waals surface area (Å²) in [5.41, 5.74) is 1.85. The van der Waals surface area contributed by atoms with Crippen LogP contribution in [0.3, 0.4) is 0 Å². The lowest BCUT2D eigenvalue weighted by molar-refractivity contribution is -0.123. The highest BCUT2D eigenvalue weighted by atomic mass is 32.2. The normalized spacial score (nSPS) is 14.6. The molecule has 3 amide bonds. The van der Waals surface area contributed by atoms with Crippen LogP contribution < -0.4 is 15.5 Å². The Bertz CT molecular complexity index is 1340. The molecule has 2 N–H and O–H groups in total. The molecule has 1 aliphatic rings. The van der Waals surface area contributed by atoms with Crippen LogP contribution in [0.1, 0.15) is 37.7 Å². The summed E-state index contributed by atoms with van der Waals surface area (Å²) < 4.78 is 25.9. The van der Waals surface area contributed by atoms with Gasteiger partial charge in [0.25, 0.3) is 0 Å². The minimum absolute atomic E-state index is 0.0896. The molecule has 1 saturated carbocycles. The number of halogens is 1. The second-order valence-corrected chi connectivity index (χ2v) is 11.1. The maximum atomic E-state index is 13.5. The van der Waals surface area contributed by atoms with E-state index in [1.54, 1.807) is 0 Å². The SMILES string of the molecule is Cc1cc(N(CC(=O)NC2CCCCC2)C(=O)CS(=O)CC(=O)Nc2ccc(F)cc2)c2ccccc2c1. The second kappa shape index (κ2) is 12.8. The predicted octanol–water partition coefficient (Wildman–Crippen LogP) is 4.46. The minimum atomic E-state index is -1.82. The fourth-order valence-corrected chi connectivity index (χ4v) is 5.67. The van der Waals surface area contributed by atoms with Gasteiger partial charge in [0.15, 0.2) is 0 Å². The predicted molar refractivity (Wildman–Crippen MR) is 149 cm³/mol. The average molecular weight is 538 g/mol. The van der Waals surface area contributed by atoms with Crippen LogP contribution in [-0.4, -0.2) is 46.0 Å². The third kappa shape index (κ3) is 7.47. The van der Waals surface area contributed by atoms with Crippen LogP contribution in [0.2, 0.25) is 0 Å². The molecule has 1 fully saturated rings. The van der Waals surface area contributed by atoms with Crippen LogP contribution in [0.15, 0.2) is 60.7 Å². The van der Waals surface area contributed by atoms with Gasteiger partial charge in [-0.2, -0.15) is 0 Å². The topological polar surface area (TPSA) is 95.6 Å². The number of hydrogen-bond donors (Lipinski definition) is 2. The summed E-state index contributed by atoms with van der Waals surface area (Å²) in [6.07, 6.45) is 5.12. The van der Waals surface area contributed by atoms with E-state index in [0.29, 0.717) is 11.4 Å². The number of nitrogens with one attached hydrogen (secondary N) is 2. The molecule has 4 rings (SSSR count). The lowest BCUT2D eigenvalue weighted by atomic mass is 9.95. The lowest BCUT2D eigenvalue weighted by Gasteiger charge is -2.27. The molecule has 1 atom stereocenters. The van der Waals surface area contributed by atoms with Crippen molar-refractivity contribution in [2.24, 2.45) is 0 Å². The van der Waals surface area contributed by atoms with E-state index in [1.165, 1.54) is 29.2 Å². The first-order valence-electron chi connectivity index (χ1n) is 12.8. The monoisotopic (exact) mass is 537 g/mol. The molecule has 9 heteroatoms. The van der Waals surface area contributed by atoms with Gasteiger partial charge in [0, 0.05) is 27.9 Å². The number of carbonyl (C=O) groups excluding carboxylic acids is 3. The minimum Gasteiger partial charge on any atom is -0.352 e. The van der Waals surface area contributed by atoms with Gasteiger partial charge in [0.1, 0.15) is 23.9 Å². The first-order valence-corrected chi connectivity index (χ1v) is 14.3. The molecule has 0 heterocycles. The summed E-state index contributed by atoms with van der Waals surface area (Å²) in [5.74, 6) is -2.59. The Morgan fingerprint density at radius 2 is 1.66 bits per heavy atom. The van der Waals surface area contributed by atoms with Gasteiger partial charge in [-0.15, -0.1) is 0 Å². The van der Waals surface area contributed by atoms with Crippen molar-refractivity contribution in [1.82, 2.24) is 5.32 Å². The van der Waals surface area contributed by atoms with E-state index < -0.39 is 39.9 Å². The van der Waals surface area contributed by atoms with E-state index >= 15 is 0 Å². The Morgan fingerprint density at radius 3 is 2.39 bits per heavy atom. The molecule has 0 saturated heterocycles. The molecule has 3 aromatic carbocycles. The van der Waals surface area contributed by atoms with Crippen LogP contribution in [0.25, 0.3) is 10.8 Å². The Hall–Kier alpha value is -3.59. The first-order chi connectivity index (χ1) is 18.3. The molecule has 3 aromatic rings. The van der Waals surface area contributed by atoms with Crippen LogP contribution in [0.4, 0.5) is 15.8 Å². The molecular formula is C29H32FN3O4S. The number of anilines is 2. The highest BCUT2D eigenvalue weighted by molar-refractivity contribution is 7.86. The molecule has 38 heavy (non-hydrogen) atoms. The van der Waals surface area contributed by atoms with Crippen LogP contribution in [-0.2, 0) is 25.2 Å². The summed E-state index contributed by atoms with van der Waals surface area (Å²) in [6.45, 7) is 1.71. The Balaban J connectivity index is 1.50. The van der Waals surface area contributed by atoms with Crippen molar-refractivity contribution in [1.29, 1.82) is 0 Å². The van der Waals surface area contributed by atoms with Crippen molar-refractivity contribution in [2.75, 3.05) is 28.3 Å². The molecular weight excluding hydrogens is 505 g/mol. The fraction of sp³-hybridized carbons (Fsp3) is 0.345. The standard InChI is InChI=1S/C29H32FN3O4S/c1-20-15-21-7-5-6-10-25(21)26(16-20)33(17-27(34)31-23-8-3-2-4-9-23)29(36)19-38(37)18-28(35)32-24-13-11-22(30)12-14-24/h5-7,10-16,23H,2-4,8-9,17-19H2,1H3,(H,31,34)(H,32,35). The number of carbonyl (C=O) groups is 3. The maximum absolute atomic E-state index is 13.5. The van der Waals surface area contributed by atoms with Gasteiger partial charge in [-0.1, -0.05) is 49.6 Å².